The summed E-state index contributed by atoms with van der Waals surface area (Å²) in [6.45, 7) is 3.25. The summed E-state index contributed by atoms with van der Waals surface area (Å²) in [5, 5.41) is 8.58. The number of ether oxygens (including phenoxy) is 2. The molecule has 0 spiro atoms. The van der Waals surface area contributed by atoms with Gasteiger partial charge in [-0.05, 0) is 31.6 Å². The van der Waals surface area contributed by atoms with E-state index in [4.69, 9.17) is 14.6 Å². The number of aliphatic carboxylic acids is 1. The molecule has 110 valence electrons. The van der Waals surface area contributed by atoms with Crippen LogP contribution in [0, 0.1) is 5.92 Å². The third-order valence-electron chi connectivity index (χ3n) is 4.12. The summed E-state index contributed by atoms with van der Waals surface area (Å²) in [6.07, 6.45) is 5.03. The highest BCUT2D eigenvalue weighted by atomic mass is 16.5. The maximum absolute atomic E-state index is 10.4. The lowest BCUT2D eigenvalue weighted by atomic mass is 10.0. The molecule has 5 heteroatoms. The van der Waals surface area contributed by atoms with Crippen LogP contribution in [0.5, 0.6) is 0 Å². The van der Waals surface area contributed by atoms with Gasteiger partial charge >= 0.3 is 5.97 Å². The number of carbonyl (C=O) groups is 1. The van der Waals surface area contributed by atoms with Crippen LogP contribution in [-0.2, 0) is 14.3 Å². The Morgan fingerprint density at radius 2 is 2.00 bits per heavy atom. The van der Waals surface area contributed by atoms with Crippen LogP contribution in [-0.4, -0.2) is 61.5 Å². The van der Waals surface area contributed by atoms with Gasteiger partial charge in [0, 0.05) is 26.2 Å². The second kappa shape index (κ2) is 7.22. The van der Waals surface area contributed by atoms with E-state index in [2.05, 4.69) is 4.90 Å². The van der Waals surface area contributed by atoms with E-state index in [9.17, 15) is 4.79 Å². The smallest absolute Gasteiger partial charge is 0.305 e. The van der Waals surface area contributed by atoms with Gasteiger partial charge in [0.25, 0.3) is 0 Å². The van der Waals surface area contributed by atoms with Crippen molar-refractivity contribution >= 4 is 5.97 Å². The third kappa shape index (κ3) is 4.75. The average molecular weight is 271 g/mol. The minimum absolute atomic E-state index is 0.106. The molecule has 0 amide bonds. The van der Waals surface area contributed by atoms with Gasteiger partial charge in [0.1, 0.15) is 0 Å². The van der Waals surface area contributed by atoms with Crippen LogP contribution in [0.15, 0.2) is 0 Å². The minimum atomic E-state index is -0.786. The van der Waals surface area contributed by atoms with Crippen molar-refractivity contribution in [1.82, 2.24) is 4.90 Å². The first-order valence-electron chi connectivity index (χ1n) is 7.27. The second-order valence-corrected chi connectivity index (χ2v) is 5.61. The molecular weight excluding hydrogens is 246 g/mol. The second-order valence-electron chi connectivity index (χ2n) is 5.61. The first-order valence-corrected chi connectivity index (χ1v) is 7.27. The lowest BCUT2D eigenvalue weighted by molar-refractivity contribution is -0.139. The topological polar surface area (TPSA) is 59.0 Å². The number of rotatable bonds is 8. The summed E-state index contributed by atoms with van der Waals surface area (Å²) in [6, 6.07) is 0.574. The number of carboxylic acid groups (broad SMARTS) is 1. The van der Waals surface area contributed by atoms with Crippen LogP contribution in [0.3, 0.4) is 0 Å². The normalized spacial score (nSPS) is 23.4. The molecule has 0 radical (unpaired) electrons. The summed E-state index contributed by atoms with van der Waals surface area (Å²) in [5.41, 5.74) is 0. The number of methoxy groups -OCH3 is 1. The quantitative estimate of drug-likeness (QED) is 0.722. The van der Waals surface area contributed by atoms with Gasteiger partial charge in [0.2, 0.25) is 0 Å². The number of carboxylic acids is 1. The Bertz CT molecular complexity index is 285. The zero-order valence-electron chi connectivity index (χ0n) is 11.7. The molecule has 1 aliphatic carbocycles. The van der Waals surface area contributed by atoms with Gasteiger partial charge in [0.15, 0.2) is 0 Å². The van der Waals surface area contributed by atoms with Crippen molar-refractivity contribution in [1.29, 1.82) is 0 Å². The van der Waals surface area contributed by atoms with Gasteiger partial charge in [-0.25, -0.2) is 0 Å². The van der Waals surface area contributed by atoms with E-state index in [0.29, 0.717) is 12.6 Å². The largest absolute Gasteiger partial charge is 0.481 e. The number of nitrogens with zero attached hydrogens (tertiary/aromatic N) is 1. The standard InChI is InChI=1S/C14H25NO4/c1-18-10-13(11-2-3-11)15-7-4-12(5-8-15)19-9-6-14(16)17/h11-13H,2-10H2,1H3,(H,16,17). The number of piperidine rings is 1. The van der Waals surface area contributed by atoms with E-state index < -0.39 is 5.97 Å². The molecule has 5 nitrogen and oxygen atoms in total. The molecule has 0 bridgehead atoms. The fraction of sp³-hybridized carbons (Fsp3) is 0.929. The molecule has 1 unspecified atom stereocenters. The summed E-state index contributed by atoms with van der Waals surface area (Å²) in [7, 11) is 1.77. The van der Waals surface area contributed by atoms with E-state index in [0.717, 1.165) is 38.5 Å². The maximum Gasteiger partial charge on any atom is 0.305 e. The molecule has 0 aromatic heterocycles. The predicted octanol–water partition coefficient (Wildman–Crippen LogP) is 1.37. The predicted molar refractivity (Wildman–Crippen MR) is 71.2 cm³/mol. The van der Waals surface area contributed by atoms with Crippen LogP contribution in [0.2, 0.25) is 0 Å². The highest BCUT2D eigenvalue weighted by Crippen LogP contribution is 2.36. The van der Waals surface area contributed by atoms with Gasteiger partial charge in [-0.2, -0.15) is 0 Å². The van der Waals surface area contributed by atoms with Crippen LogP contribution in [0.1, 0.15) is 32.1 Å². The Kier molecular flexibility index (Phi) is 5.60. The highest BCUT2D eigenvalue weighted by molar-refractivity contribution is 5.66. The Morgan fingerprint density at radius 1 is 1.32 bits per heavy atom. The Balaban J connectivity index is 1.67. The summed E-state index contributed by atoms with van der Waals surface area (Å²) >= 11 is 0. The van der Waals surface area contributed by atoms with Gasteiger partial charge < -0.3 is 14.6 Å². The fourth-order valence-corrected chi connectivity index (χ4v) is 2.88. The molecule has 2 fully saturated rings. The summed E-state index contributed by atoms with van der Waals surface area (Å²) in [5.74, 6) is 0.0377. The van der Waals surface area contributed by atoms with E-state index in [-0.39, 0.29) is 12.5 Å². The molecule has 1 saturated heterocycles. The summed E-state index contributed by atoms with van der Waals surface area (Å²) < 4.78 is 11.0. The van der Waals surface area contributed by atoms with Crippen molar-refractivity contribution < 1.29 is 19.4 Å². The minimum Gasteiger partial charge on any atom is -0.481 e. The Labute approximate surface area is 114 Å². The van der Waals surface area contributed by atoms with Crippen molar-refractivity contribution in [2.75, 3.05) is 33.4 Å². The molecule has 0 aromatic rings. The van der Waals surface area contributed by atoms with Gasteiger partial charge in [-0.3, -0.25) is 9.69 Å². The number of hydrogen-bond acceptors (Lipinski definition) is 4. The van der Waals surface area contributed by atoms with E-state index in [1.165, 1.54) is 12.8 Å². The van der Waals surface area contributed by atoms with Gasteiger partial charge in [0.05, 0.1) is 25.7 Å². The van der Waals surface area contributed by atoms with Crippen molar-refractivity contribution in [3.63, 3.8) is 0 Å². The SMILES string of the molecule is COCC(C1CC1)N1CCC(OCCC(=O)O)CC1. The van der Waals surface area contributed by atoms with Crippen molar-refractivity contribution in [2.45, 2.75) is 44.2 Å². The Hall–Kier alpha value is -0.650. The van der Waals surface area contributed by atoms with Crippen LogP contribution in [0.4, 0.5) is 0 Å². The van der Waals surface area contributed by atoms with E-state index in [1.807, 2.05) is 0 Å². The maximum atomic E-state index is 10.4. The molecule has 19 heavy (non-hydrogen) atoms. The molecule has 2 rings (SSSR count). The molecule has 1 aliphatic heterocycles. The third-order valence-corrected chi connectivity index (χ3v) is 4.12. The van der Waals surface area contributed by atoms with Crippen LogP contribution in [0.25, 0.3) is 0 Å². The zero-order chi connectivity index (χ0) is 13.7. The van der Waals surface area contributed by atoms with Crippen LogP contribution < -0.4 is 0 Å². The fourth-order valence-electron chi connectivity index (χ4n) is 2.88. The zero-order valence-corrected chi connectivity index (χ0v) is 11.7. The van der Waals surface area contributed by atoms with E-state index in [1.54, 1.807) is 7.11 Å². The number of likely N-dealkylation sites (tertiary alicyclic amines) is 1. The number of hydrogen-bond donors (Lipinski definition) is 1. The van der Waals surface area contributed by atoms with Crippen molar-refractivity contribution in [2.24, 2.45) is 5.92 Å². The molecule has 1 heterocycles. The first kappa shape index (κ1) is 14.8. The van der Waals surface area contributed by atoms with E-state index >= 15 is 0 Å². The van der Waals surface area contributed by atoms with Crippen molar-refractivity contribution in [3.05, 3.63) is 0 Å². The Morgan fingerprint density at radius 3 is 2.53 bits per heavy atom. The summed E-state index contributed by atoms with van der Waals surface area (Å²) in [4.78, 5) is 13.0. The monoisotopic (exact) mass is 271 g/mol. The lowest BCUT2D eigenvalue weighted by Crippen LogP contribution is -2.46. The van der Waals surface area contributed by atoms with Gasteiger partial charge in [-0.15, -0.1) is 0 Å². The average Bonchev–Trinajstić information content (AvgIpc) is 3.21. The molecule has 2 aliphatic rings. The van der Waals surface area contributed by atoms with Gasteiger partial charge in [-0.1, -0.05) is 0 Å². The highest BCUT2D eigenvalue weighted by Gasteiger charge is 2.36. The molecule has 1 N–H and O–H groups in total. The molecular formula is C14H25NO4. The molecule has 1 atom stereocenters. The molecule has 0 aromatic carbocycles. The lowest BCUT2D eigenvalue weighted by Gasteiger charge is -2.37. The first-order chi connectivity index (χ1) is 9.20. The van der Waals surface area contributed by atoms with Crippen molar-refractivity contribution in [3.8, 4) is 0 Å². The van der Waals surface area contributed by atoms with Crippen LogP contribution >= 0.6 is 0 Å². The molecule has 1 saturated carbocycles.